The van der Waals surface area contributed by atoms with Crippen molar-refractivity contribution < 1.29 is 4.74 Å². The second kappa shape index (κ2) is 8.71. The monoisotopic (exact) mass is 417 g/mol. The second-order valence-corrected chi connectivity index (χ2v) is 8.46. The van der Waals surface area contributed by atoms with Crippen molar-refractivity contribution >= 4 is 27.5 Å². The Balaban J connectivity index is 1.59. The lowest BCUT2D eigenvalue weighted by molar-refractivity contribution is 0.243. The van der Waals surface area contributed by atoms with Crippen molar-refractivity contribution in [1.29, 1.82) is 5.26 Å². The lowest BCUT2D eigenvalue weighted by atomic mass is 10.1. The van der Waals surface area contributed by atoms with Crippen LogP contribution in [0.4, 0.5) is 5.95 Å². The van der Waals surface area contributed by atoms with E-state index in [-0.39, 0.29) is 0 Å². The van der Waals surface area contributed by atoms with Gasteiger partial charge >= 0.3 is 0 Å². The van der Waals surface area contributed by atoms with E-state index in [9.17, 15) is 5.26 Å². The Hall–Kier alpha value is -3.13. The van der Waals surface area contributed by atoms with Gasteiger partial charge in [0.15, 0.2) is 0 Å². The summed E-state index contributed by atoms with van der Waals surface area (Å²) in [5, 5.41) is 14.7. The second-order valence-electron chi connectivity index (χ2n) is 7.54. The van der Waals surface area contributed by atoms with E-state index in [1.807, 2.05) is 37.4 Å². The highest BCUT2D eigenvalue weighted by molar-refractivity contribution is 7.17. The van der Waals surface area contributed by atoms with Gasteiger partial charge in [0.05, 0.1) is 23.7 Å². The average molecular weight is 418 g/mol. The van der Waals surface area contributed by atoms with Crippen LogP contribution >= 0.6 is 11.3 Å². The van der Waals surface area contributed by atoms with Crippen molar-refractivity contribution in [2.24, 2.45) is 0 Å². The van der Waals surface area contributed by atoms with E-state index in [4.69, 9.17) is 16.1 Å². The van der Waals surface area contributed by atoms with Gasteiger partial charge in [-0.3, -0.25) is 4.90 Å². The van der Waals surface area contributed by atoms with Crippen LogP contribution in [0.15, 0.2) is 23.6 Å². The lowest BCUT2D eigenvalue weighted by Crippen LogP contribution is -2.39. The standard InChI is InChI=1S/C23H23N5OS/c1-4-8-28-9-5-18(6-10-28)25-23-26-19-7-11-30-21(19)22(27-23)29-20-15(2)12-17(14-24)13-16(20)3/h1,7,11-13,18H,5-6,8-10H2,2-3H3,(H,25,26,27). The zero-order chi connectivity index (χ0) is 21.1. The Morgan fingerprint density at radius 2 is 2.00 bits per heavy atom. The fourth-order valence-electron chi connectivity index (χ4n) is 3.79. The molecule has 3 aromatic rings. The number of anilines is 1. The number of nitrogens with zero attached hydrogens (tertiary/aromatic N) is 4. The van der Waals surface area contributed by atoms with Gasteiger partial charge in [-0.05, 0) is 61.4 Å². The first-order valence-electron chi connectivity index (χ1n) is 9.94. The number of ether oxygens (including phenoxy) is 1. The van der Waals surface area contributed by atoms with Gasteiger partial charge in [-0.15, -0.1) is 17.8 Å². The summed E-state index contributed by atoms with van der Waals surface area (Å²) in [6.45, 7) is 6.52. The third kappa shape index (κ3) is 4.23. The van der Waals surface area contributed by atoms with Gasteiger partial charge in [-0.1, -0.05) is 5.92 Å². The molecule has 3 heterocycles. The molecule has 0 amide bonds. The van der Waals surface area contributed by atoms with Crippen LogP contribution < -0.4 is 10.1 Å². The van der Waals surface area contributed by atoms with E-state index in [1.165, 1.54) is 0 Å². The normalized spacial score (nSPS) is 14.9. The summed E-state index contributed by atoms with van der Waals surface area (Å²) in [5.41, 5.74) is 3.30. The number of aromatic nitrogens is 2. The maximum Gasteiger partial charge on any atom is 0.242 e. The number of likely N-dealkylation sites (tertiary alicyclic amines) is 1. The van der Waals surface area contributed by atoms with Crippen LogP contribution in [-0.4, -0.2) is 40.5 Å². The molecular formula is C23H23N5OS. The molecule has 1 N–H and O–H groups in total. The summed E-state index contributed by atoms with van der Waals surface area (Å²) in [6.07, 6.45) is 7.41. The number of piperidine rings is 1. The summed E-state index contributed by atoms with van der Waals surface area (Å²) < 4.78 is 7.18. The molecule has 0 unspecified atom stereocenters. The van der Waals surface area contributed by atoms with Crippen molar-refractivity contribution in [3.8, 4) is 30.0 Å². The number of hydrogen-bond donors (Lipinski definition) is 1. The first-order valence-corrected chi connectivity index (χ1v) is 10.8. The molecule has 152 valence electrons. The van der Waals surface area contributed by atoms with Crippen molar-refractivity contribution in [2.75, 3.05) is 25.0 Å². The van der Waals surface area contributed by atoms with E-state index in [1.54, 1.807) is 11.3 Å². The van der Waals surface area contributed by atoms with Gasteiger partial charge in [0.1, 0.15) is 10.4 Å². The van der Waals surface area contributed by atoms with E-state index < -0.39 is 0 Å². The van der Waals surface area contributed by atoms with Crippen LogP contribution in [0.1, 0.15) is 29.5 Å². The lowest BCUT2D eigenvalue weighted by Gasteiger charge is -2.31. The summed E-state index contributed by atoms with van der Waals surface area (Å²) in [7, 11) is 0. The Morgan fingerprint density at radius 1 is 1.27 bits per heavy atom. The predicted molar refractivity (Wildman–Crippen MR) is 120 cm³/mol. The predicted octanol–water partition coefficient (Wildman–Crippen LogP) is 4.48. The third-order valence-corrected chi connectivity index (χ3v) is 6.19. The van der Waals surface area contributed by atoms with E-state index in [0.29, 0.717) is 30.0 Å². The number of hydrogen-bond acceptors (Lipinski definition) is 7. The Labute approximate surface area is 180 Å². The molecule has 0 saturated carbocycles. The molecule has 0 radical (unpaired) electrons. The average Bonchev–Trinajstić information content (AvgIpc) is 3.21. The maximum absolute atomic E-state index is 9.19. The summed E-state index contributed by atoms with van der Waals surface area (Å²) in [6, 6.07) is 8.14. The quantitative estimate of drug-likeness (QED) is 0.617. The SMILES string of the molecule is C#CCN1CCC(Nc2nc(Oc3c(C)cc(C#N)cc3C)c3sccc3n2)CC1. The summed E-state index contributed by atoms with van der Waals surface area (Å²) >= 11 is 1.56. The summed E-state index contributed by atoms with van der Waals surface area (Å²) in [5.74, 6) is 4.56. The van der Waals surface area contributed by atoms with Crippen molar-refractivity contribution in [3.63, 3.8) is 0 Å². The van der Waals surface area contributed by atoms with Crippen molar-refractivity contribution in [2.45, 2.75) is 32.7 Å². The van der Waals surface area contributed by atoms with Crippen LogP contribution in [0.5, 0.6) is 11.6 Å². The van der Waals surface area contributed by atoms with Gasteiger partial charge < -0.3 is 10.1 Å². The highest BCUT2D eigenvalue weighted by atomic mass is 32.1. The van der Waals surface area contributed by atoms with Gasteiger partial charge in [-0.25, -0.2) is 4.98 Å². The highest BCUT2D eigenvalue weighted by Gasteiger charge is 2.21. The number of benzene rings is 1. The van der Waals surface area contributed by atoms with E-state index in [0.717, 1.165) is 53.0 Å². The zero-order valence-corrected chi connectivity index (χ0v) is 17.9. The minimum atomic E-state index is 0.307. The number of thiophene rings is 1. The first-order chi connectivity index (χ1) is 14.6. The van der Waals surface area contributed by atoms with Crippen LogP contribution in [0, 0.1) is 37.5 Å². The zero-order valence-electron chi connectivity index (χ0n) is 17.1. The first kappa shape index (κ1) is 20.2. The molecule has 6 nitrogen and oxygen atoms in total. The summed E-state index contributed by atoms with van der Waals surface area (Å²) in [4.78, 5) is 11.7. The molecule has 1 fully saturated rings. The fraction of sp³-hybridized carbons (Fsp3) is 0.348. The highest BCUT2D eigenvalue weighted by Crippen LogP contribution is 2.35. The number of aryl methyl sites for hydroxylation is 2. The Kier molecular flexibility index (Phi) is 5.85. The molecule has 4 rings (SSSR count). The van der Waals surface area contributed by atoms with E-state index in [2.05, 4.69) is 27.2 Å². The number of rotatable bonds is 5. The van der Waals surface area contributed by atoms with Gasteiger partial charge in [0.25, 0.3) is 0 Å². The number of terminal acetylenes is 1. The van der Waals surface area contributed by atoms with Gasteiger partial charge in [0, 0.05) is 19.1 Å². The number of fused-ring (bicyclic) bond motifs is 1. The van der Waals surface area contributed by atoms with Crippen molar-refractivity contribution in [1.82, 2.24) is 14.9 Å². The minimum absolute atomic E-state index is 0.307. The molecule has 1 aliphatic rings. The molecule has 7 heteroatoms. The minimum Gasteiger partial charge on any atom is -0.437 e. The Bertz CT molecular complexity index is 1130. The fourth-order valence-corrected chi connectivity index (χ4v) is 4.55. The van der Waals surface area contributed by atoms with Gasteiger partial charge in [-0.2, -0.15) is 10.2 Å². The Morgan fingerprint density at radius 3 is 2.67 bits per heavy atom. The molecule has 1 aromatic carbocycles. The molecule has 0 spiro atoms. The third-order valence-electron chi connectivity index (χ3n) is 5.30. The number of nitriles is 1. The van der Waals surface area contributed by atoms with Crippen LogP contribution in [0.25, 0.3) is 10.2 Å². The molecular weight excluding hydrogens is 394 g/mol. The van der Waals surface area contributed by atoms with Gasteiger partial charge in [0.2, 0.25) is 11.8 Å². The molecule has 0 bridgehead atoms. The van der Waals surface area contributed by atoms with Crippen LogP contribution in [0.3, 0.4) is 0 Å². The molecule has 0 aliphatic carbocycles. The topological polar surface area (TPSA) is 74.1 Å². The van der Waals surface area contributed by atoms with Crippen molar-refractivity contribution in [3.05, 3.63) is 40.3 Å². The van der Waals surface area contributed by atoms with Crippen LogP contribution in [-0.2, 0) is 0 Å². The molecule has 1 aliphatic heterocycles. The van der Waals surface area contributed by atoms with E-state index >= 15 is 0 Å². The molecule has 2 aromatic heterocycles. The maximum atomic E-state index is 9.19. The largest absolute Gasteiger partial charge is 0.437 e. The van der Waals surface area contributed by atoms with Crippen LogP contribution in [0.2, 0.25) is 0 Å². The molecule has 1 saturated heterocycles. The molecule has 0 atom stereocenters. The molecule has 30 heavy (non-hydrogen) atoms. The smallest absolute Gasteiger partial charge is 0.242 e. The number of nitrogens with one attached hydrogen (secondary N) is 1.